The lowest BCUT2D eigenvalue weighted by atomic mass is 10.2. The summed E-state index contributed by atoms with van der Waals surface area (Å²) in [6.45, 7) is 0.675. The molecule has 1 amide bonds. The highest BCUT2D eigenvalue weighted by Gasteiger charge is 2.31. The predicted octanol–water partition coefficient (Wildman–Crippen LogP) is 5.26. The van der Waals surface area contributed by atoms with Crippen LogP contribution in [0.4, 0.5) is 0 Å². The minimum absolute atomic E-state index is 0.0203. The summed E-state index contributed by atoms with van der Waals surface area (Å²) in [4.78, 5) is 15.6. The van der Waals surface area contributed by atoms with E-state index in [1.807, 2.05) is 28.5 Å². The van der Waals surface area contributed by atoms with Crippen LogP contribution in [0.2, 0.25) is 10.0 Å². The molecule has 1 aromatic heterocycles. The van der Waals surface area contributed by atoms with Crippen LogP contribution in [0.1, 0.15) is 23.3 Å². The summed E-state index contributed by atoms with van der Waals surface area (Å²) in [5, 5.41) is 3.00. The van der Waals surface area contributed by atoms with E-state index in [0.29, 0.717) is 22.6 Å². The smallest absolute Gasteiger partial charge is 0.247 e. The molecule has 0 saturated heterocycles. The summed E-state index contributed by atoms with van der Waals surface area (Å²) in [6.07, 6.45) is 5.50. The van der Waals surface area contributed by atoms with Gasteiger partial charge < -0.3 is 4.90 Å². The third-order valence-corrected chi connectivity index (χ3v) is 5.26. The molecular formula is C17H15Cl2NOS. The van der Waals surface area contributed by atoms with Crippen molar-refractivity contribution >= 4 is 46.5 Å². The lowest BCUT2D eigenvalue weighted by Crippen LogP contribution is -2.30. The Hall–Kier alpha value is -1.29. The molecule has 1 heterocycles. The molecule has 5 heteroatoms. The maximum Gasteiger partial charge on any atom is 0.247 e. The molecule has 1 saturated carbocycles. The number of halogens is 2. The molecule has 0 aliphatic heterocycles. The fourth-order valence-electron chi connectivity index (χ4n) is 2.25. The van der Waals surface area contributed by atoms with E-state index < -0.39 is 0 Å². The average Bonchev–Trinajstić information content (AvgIpc) is 3.22. The molecule has 0 bridgehead atoms. The first-order valence-electron chi connectivity index (χ1n) is 7.10. The van der Waals surface area contributed by atoms with Gasteiger partial charge in [-0.1, -0.05) is 41.4 Å². The Labute approximate surface area is 144 Å². The molecule has 1 aliphatic rings. The van der Waals surface area contributed by atoms with Crippen molar-refractivity contribution in [2.45, 2.75) is 25.4 Å². The summed E-state index contributed by atoms with van der Waals surface area (Å²) >= 11 is 13.8. The molecule has 1 aliphatic carbocycles. The minimum atomic E-state index is 0.0203. The van der Waals surface area contributed by atoms with Gasteiger partial charge in [-0.2, -0.15) is 0 Å². The summed E-state index contributed by atoms with van der Waals surface area (Å²) in [5.74, 6) is 0.0203. The molecule has 114 valence electrons. The van der Waals surface area contributed by atoms with E-state index in [1.165, 1.54) is 4.88 Å². The molecule has 0 radical (unpaired) electrons. The highest BCUT2D eigenvalue weighted by atomic mass is 35.5. The Kier molecular flexibility index (Phi) is 4.87. The van der Waals surface area contributed by atoms with Gasteiger partial charge >= 0.3 is 0 Å². The van der Waals surface area contributed by atoms with Gasteiger partial charge in [0.15, 0.2) is 0 Å². The van der Waals surface area contributed by atoms with Gasteiger partial charge in [-0.25, -0.2) is 0 Å². The van der Waals surface area contributed by atoms with Crippen LogP contribution in [0.25, 0.3) is 6.08 Å². The summed E-state index contributed by atoms with van der Waals surface area (Å²) in [6, 6.07) is 9.84. The quantitative estimate of drug-likeness (QED) is 0.672. The van der Waals surface area contributed by atoms with Crippen LogP contribution in [0.15, 0.2) is 41.8 Å². The van der Waals surface area contributed by atoms with E-state index in [-0.39, 0.29) is 5.91 Å². The SMILES string of the molecule is O=C(/C=C/c1cccc(Cl)c1Cl)N(Cc1cccs1)C1CC1. The van der Waals surface area contributed by atoms with Gasteiger partial charge in [0.05, 0.1) is 16.6 Å². The molecule has 0 N–H and O–H groups in total. The van der Waals surface area contributed by atoms with E-state index in [0.717, 1.165) is 18.4 Å². The number of carbonyl (C=O) groups excluding carboxylic acids is 1. The first-order chi connectivity index (χ1) is 10.6. The molecule has 0 unspecified atom stereocenters. The second-order valence-electron chi connectivity index (χ2n) is 5.25. The largest absolute Gasteiger partial charge is 0.331 e. The predicted molar refractivity (Wildman–Crippen MR) is 93.4 cm³/mol. The maximum absolute atomic E-state index is 12.5. The van der Waals surface area contributed by atoms with Crippen LogP contribution in [-0.2, 0) is 11.3 Å². The number of hydrogen-bond acceptors (Lipinski definition) is 2. The Morgan fingerprint density at radius 1 is 1.27 bits per heavy atom. The van der Waals surface area contributed by atoms with Crippen molar-refractivity contribution in [1.29, 1.82) is 0 Å². The molecule has 0 atom stereocenters. The summed E-state index contributed by atoms with van der Waals surface area (Å²) < 4.78 is 0. The van der Waals surface area contributed by atoms with Crippen LogP contribution in [-0.4, -0.2) is 16.8 Å². The fourth-order valence-corrected chi connectivity index (χ4v) is 3.32. The highest BCUT2D eigenvalue weighted by molar-refractivity contribution is 7.09. The van der Waals surface area contributed by atoms with Gasteiger partial charge in [0.2, 0.25) is 5.91 Å². The van der Waals surface area contributed by atoms with E-state index in [4.69, 9.17) is 23.2 Å². The van der Waals surface area contributed by atoms with Crippen molar-refractivity contribution in [3.63, 3.8) is 0 Å². The molecule has 1 aromatic carbocycles. The molecule has 1 fully saturated rings. The molecule has 3 rings (SSSR count). The molecular weight excluding hydrogens is 337 g/mol. The summed E-state index contributed by atoms with van der Waals surface area (Å²) in [7, 11) is 0. The lowest BCUT2D eigenvalue weighted by Gasteiger charge is -2.20. The van der Waals surface area contributed by atoms with Crippen molar-refractivity contribution in [3.8, 4) is 0 Å². The van der Waals surface area contributed by atoms with Crippen LogP contribution >= 0.6 is 34.5 Å². The van der Waals surface area contributed by atoms with Gasteiger partial charge in [0, 0.05) is 17.0 Å². The maximum atomic E-state index is 12.5. The number of benzene rings is 1. The van der Waals surface area contributed by atoms with Gasteiger partial charge in [-0.05, 0) is 42.0 Å². The second kappa shape index (κ2) is 6.86. The fraction of sp³-hybridized carbons (Fsp3) is 0.235. The number of rotatable bonds is 5. The van der Waals surface area contributed by atoms with Crippen LogP contribution in [0.3, 0.4) is 0 Å². The highest BCUT2D eigenvalue weighted by Crippen LogP contribution is 2.30. The number of nitrogens with zero attached hydrogens (tertiary/aromatic N) is 1. The van der Waals surface area contributed by atoms with E-state index >= 15 is 0 Å². The van der Waals surface area contributed by atoms with Crippen molar-refractivity contribution in [1.82, 2.24) is 4.90 Å². The van der Waals surface area contributed by atoms with E-state index in [2.05, 4.69) is 6.07 Å². The third-order valence-electron chi connectivity index (χ3n) is 3.56. The summed E-state index contributed by atoms with van der Waals surface area (Å²) in [5.41, 5.74) is 0.759. The van der Waals surface area contributed by atoms with Gasteiger partial charge in [-0.15, -0.1) is 11.3 Å². The Balaban J connectivity index is 1.73. The van der Waals surface area contributed by atoms with Crippen molar-refractivity contribution in [2.75, 3.05) is 0 Å². The normalized spacial score (nSPS) is 14.5. The molecule has 0 spiro atoms. The number of amides is 1. The van der Waals surface area contributed by atoms with Gasteiger partial charge in [0.1, 0.15) is 0 Å². The first kappa shape index (κ1) is 15.6. The Morgan fingerprint density at radius 2 is 2.09 bits per heavy atom. The second-order valence-corrected chi connectivity index (χ2v) is 7.07. The topological polar surface area (TPSA) is 20.3 Å². The van der Waals surface area contributed by atoms with Crippen LogP contribution in [0.5, 0.6) is 0 Å². The number of carbonyl (C=O) groups is 1. The third kappa shape index (κ3) is 3.72. The van der Waals surface area contributed by atoms with E-state index in [1.54, 1.807) is 29.6 Å². The van der Waals surface area contributed by atoms with Gasteiger partial charge in [-0.3, -0.25) is 4.79 Å². The van der Waals surface area contributed by atoms with Gasteiger partial charge in [0.25, 0.3) is 0 Å². The Bertz CT molecular complexity index is 693. The standard InChI is InChI=1S/C17H15Cl2NOS/c18-15-5-1-3-12(17(15)19)6-9-16(21)20(13-7-8-13)11-14-4-2-10-22-14/h1-6,9-10,13H,7-8,11H2/b9-6+. The van der Waals surface area contributed by atoms with Crippen molar-refractivity contribution < 1.29 is 4.79 Å². The Morgan fingerprint density at radius 3 is 2.77 bits per heavy atom. The monoisotopic (exact) mass is 351 g/mol. The zero-order valence-electron chi connectivity index (χ0n) is 11.8. The first-order valence-corrected chi connectivity index (χ1v) is 8.74. The molecule has 2 nitrogen and oxygen atoms in total. The zero-order valence-corrected chi connectivity index (χ0v) is 14.2. The van der Waals surface area contributed by atoms with Crippen LogP contribution in [0, 0.1) is 0 Å². The average molecular weight is 352 g/mol. The number of hydrogen-bond donors (Lipinski definition) is 0. The number of thiophene rings is 1. The lowest BCUT2D eigenvalue weighted by molar-refractivity contribution is -0.127. The van der Waals surface area contributed by atoms with E-state index in [9.17, 15) is 4.79 Å². The minimum Gasteiger partial charge on any atom is -0.331 e. The van der Waals surface area contributed by atoms with Crippen molar-refractivity contribution in [3.05, 3.63) is 62.3 Å². The van der Waals surface area contributed by atoms with Crippen LogP contribution < -0.4 is 0 Å². The molecule has 2 aromatic rings. The molecule has 22 heavy (non-hydrogen) atoms. The zero-order chi connectivity index (χ0) is 15.5. The van der Waals surface area contributed by atoms with Crippen molar-refractivity contribution in [2.24, 2.45) is 0 Å².